The molecule has 2 amide bonds. The van der Waals surface area contributed by atoms with Crippen LogP contribution in [0.5, 0.6) is 0 Å². The Morgan fingerprint density at radius 2 is 1.71 bits per heavy atom. The Morgan fingerprint density at radius 3 is 2.36 bits per heavy atom. The largest absolute Gasteiger partial charge is 0.370 e. The molecule has 0 atom stereocenters. The molecular weight excluding hydrogens is 356 g/mol. The molecular formula is C20H20N6O2. The molecule has 0 bridgehead atoms. The van der Waals surface area contributed by atoms with Crippen molar-refractivity contribution < 1.29 is 9.59 Å². The van der Waals surface area contributed by atoms with E-state index in [0.29, 0.717) is 16.8 Å². The summed E-state index contributed by atoms with van der Waals surface area (Å²) in [6, 6.07) is 12.2. The molecule has 0 saturated carbocycles. The van der Waals surface area contributed by atoms with Gasteiger partial charge in [-0.05, 0) is 55.3 Å². The minimum Gasteiger partial charge on any atom is -0.370 e. The van der Waals surface area contributed by atoms with Gasteiger partial charge in [0.15, 0.2) is 0 Å². The second-order valence-corrected chi connectivity index (χ2v) is 6.63. The topological polar surface area (TPSA) is 106 Å². The molecule has 142 valence electrons. The third-order valence-electron chi connectivity index (χ3n) is 4.79. The van der Waals surface area contributed by atoms with Crippen molar-refractivity contribution in [1.82, 2.24) is 14.8 Å². The standard InChI is InChI=1S/C20H20N6O2/c21-19(27)15-5-8-18(25-9-1-2-10-25)17(11-15)24-20(28)14-3-6-16(7-4-14)26-13-22-12-23-26/h3-8,11-13H,1-2,9-10H2,(H2,21,27)(H,24,28). The second-order valence-electron chi connectivity index (χ2n) is 6.63. The van der Waals surface area contributed by atoms with Gasteiger partial charge in [0.1, 0.15) is 12.7 Å². The van der Waals surface area contributed by atoms with Gasteiger partial charge < -0.3 is 16.0 Å². The minimum absolute atomic E-state index is 0.257. The number of rotatable bonds is 5. The average Bonchev–Trinajstić information content (AvgIpc) is 3.42. The van der Waals surface area contributed by atoms with E-state index in [-0.39, 0.29) is 5.91 Å². The van der Waals surface area contributed by atoms with Crippen molar-refractivity contribution in [1.29, 1.82) is 0 Å². The van der Waals surface area contributed by atoms with Crippen LogP contribution in [0.15, 0.2) is 55.1 Å². The number of nitrogens with zero attached hydrogens (tertiary/aromatic N) is 4. The molecule has 1 aromatic heterocycles. The lowest BCUT2D eigenvalue weighted by atomic mass is 10.1. The number of hydrogen-bond donors (Lipinski definition) is 2. The van der Waals surface area contributed by atoms with Gasteiger partial charge in [0.25, 0.3) is 5.91 Å². The normalized spacial score (nSPS) is 13.5. The number of amides is 2. The van der Waals surface area contributed by atoms with Crippen molar-refractivity contribution in [3.63, 3.8) is 0 Å². The number of aromatic nitrogens is 3. The van der Waals surface area contributed by atoms with Crippen LogP contribution in [0.25, 0.3) is 5.69 Å². The first-order chi connectivity index (χ1) is 13.6. The van der Waals surface area contributed by atoms with Crippen LogP contribution < -0.4 is 16.0 Å². The van der Waals surface area contributed by atoms with E-state index in [9.17, 15) is 9.59 Å². The fourth-order valence-corrected chi connectivity index (χ4v) is 3.32. The quantitative estimate of drug-likeness (QED) is 0.710. The van der Waals surface area contributed by atoms with Gasteiger partial charge in [-0.1, -0.05) is 0 Å². The molecule has 0 radical (unpaired) electrons. The van der Waals surface area contributed by atoms with E-state index in [1.807, 2.05) is 6.07 Å². The summed E-state index contributed by atoms with van der Waals surface area (Å²) in [4.78, 5) is 30.5. The van der Waals surface area contributed by atoms with Gasteiger partial charge in [-0.3, -0.25) is 9.59 Å². The van der Waals surface area contributed by atoms with Gasteiger partial charge in [0.05, 0.1) is 17.1 Å². The summed E-state index contributed by atoms with van der Waals surface area (Å²) in [6.07, 6.45) is 5.25. The van der Waals surface area contributed by atoms with Crippen molar-refractivity contribution >= 4 is 23.2 Å². The van der Waals surface area contributed by atoms with Gasteiger partial charge in [0, 0.05) is 24.2 Å². The molecule has 8 nitrogen and oxygen atoms in total. The Morgan fingerprint density at radius 1 is 1.00 bits per heavy atom. The molecule has 3 aromatic rings. The molecule has 1 fully saturated rings. The van der Waals surface area contributed by atoms with Crippen LogP contribution >= 0.6 is 0 Å². The Labute approximate surface area is 162 Å². The van der Waals surface area contributed by atoms with E-state index in [2.05, 4.69) is 20.3 Å². The van der Waals surface area contributed by atoms with Crippen LogP contribution in [-0.4, -0.2) is 39.7 Å². The maximum atomic E-state index is 12.8. The Bertz CT molecular complexity index is 992. The van der Waals surface area contributed by atoms with Gasteiger partial charge >= 0.3 is 0 Å². The zero-order valence-corrected chi connectivity index (χ0v) is 15.2. The van der Waals surface area contributed by atoms with Gasteiger partial charge in [-0.2, -0.15) is 5.10 Å². The Kier molecular flexibility index (Phi) is 4.76. The number of nitrogens with one attached hydrogen (secondary N) is 1. The minimum atomic E-state index is -0.527. The smallest absolute Gasteiger partial charge is 0.255 e. The number of nitrogens with two attached hydrogens (primary N) is 1. The molecule has 28 heavy (non-hydrogen) atoms. The molecule has 1 aliphatic rings. The summed E-state index contributed by atoms with van der Waals surface area (Å²) >= 11 is 0. The number of primary amides is 1. The molecule has 1 aliphatic heterocycles. The lowest BCUT2D eigenvalue weighted by Crippen LogP contribution is -2.22. The predicted molar refractivity (Wildman–Crippen MR) is 106 cm³/mol. The SMILES string of the molecule is NC(=O)c1ccc(N2CCCC2)c(NC(=O)c2ccc(-n3cncn3)cc2)c1. The molecule has 8 heteroatoms. The summed E-state index contributed by atoms with van der Waals surface area (Å²) in [5.74, 6) is -0.784. The van der Waals surface area contributed by atoms with Crippen molar-refractivity contribution in [2.24, 2.45) is 5.73 Å². The van der Waals surface area contributed by atoms with Crippen molar-refractivity contribution in [2.75, 3.05) is 23.3 Å². The molecule has 2 heterocycles. The van der Waals surface area contributed by atoms with Crippen LogP contribution in [0, 0.1) is 0 Å². The third-order valence-corrected chi connectivity index (χ3v) is 4.79. The highest BCUT2D eigenvalue weighted by Gasteiger charge is 2.19. The maximum absolute atomic E-state index is 12.8. The van der Waals surface area contributed by atoms with Crippen LogP contribution in [0.1, 0.15) is 33.6 Å². The summed E-state index contributed by atoms with van der Waals surface area (Å²) < 4.78 is 1.61. The fraction of sp³-hybridized carbons (Fsp3) is 0.200. The van der Waals surface area contributed by atoms with Gasteiger partial charge in [-0.15, -0.1) is 0 Å². The maximum Gasteiger partial charge on any atom is 0.255 e. The van der Waals surface area contributed by atoms with Crippen molar-refractivity contribution in [3.05, 3.63) is 66.2 Å². The monoisotopic (exact) mass is 376 g/mol. The molecule has 0 aliphatic carbocycles. The van der Waals surface area contributed by atoms with Gasteiger partial charge in [0.2, 0.25) is 5.91 Å². The predicted octanol–water partition coefficient (Wildman–Crippen LogP) is 2.22. The van der Waals surface area contributed by atoms with Crippen LogP contribution in [-0.2, 0) is 0 Å². The number of carbonyl (C=O) groups excluding carboxylic acids is 2. The molecule has 3 N–H and O–H groups in total. The molecule has 4 rings (SSSR count). The van der Waals surface area contributed by atoms with Gasteiger partial charge in [-0.25, -0.2) is 9.67 Å². The van der Waals surface area contributed by atoms with Crippen LogP contribution in [0.4, 0.5) is 11.4 Å². The molecule has 1 saturated heterocycles. The van der Waals surface area contributed by atoms with E-state index < -0.39 is 5.91 Å². The van der Waals surface area contributed by atoms with E-state index in [0.717, 1.165) is 37.3 Å². The number of anilines is 2. The van der Waals surface area contributed by atoms with E-state index in [1.54, 1.807) is 47.4 Å². The van der Waals surface area contributed by atoms with E-state index >= 15 is 0 Å². The lowest BCUT2D eigenvalue weighted by molar-refractivity contribution is 0.0996. The third kappa shape index (κ3) is 3.57. The van der Waals surface area contributed by atoms with E-state index in [4.69, 9.17) is 5.73 Å². The molecule has 0 unspecified atom stereocenters. The summed E-state index contributed by atoms with van der Waals surface area (Å²) in [7, 11) is 0. The number of benzene rings is 2. The van der Waals surface area contributed by atoms with E-state index in [1.165, 1.54) is 6.33 Å². The first kappa shape index (κ1) is 17.7. The number of hydrogen-bond acceptors (Lipinski definition) is 5. The second kappa shape index (κ2) is 7.51. The van der Waals surface area contributed by atoms with Crippen LogP contribution in [0.2, 0.25) is 0 Å². The fourth-order valence-electron chi connectivity index (χ4n) is 3.32. The highest BCUT2D eigenvalue weighted by atomic mass is 16.2. The zero-order chi connectivity index (χ0) is 19.5. The Hall–Kier alpha value is -3.68. The number of carbonyl (C=O) groups is 2. The summed E-state index contributed by atoms with van der Waals surface area (Å²) in [5, 5.41) is 7.00. The highest BCUT2D eigenvalue weighted by molar-refractivity contribution is 6.07. The molecule has 2 aromatic carbocycles. The average molecular weight is 376 g/mol. The summed E-state index contributed by atoms with van der Waals surface area (Å²) in [6.45, 7) is 1.84. The first-order valence-corrected chi connectivity index (χ1v) is 9.07. The van der Waals surface area contributed by atoms with Crippen molar-refractivity contribution in [2.45, 2.75) is 12.8 Å². The first-order valence-electron chi connectivity index (χ1n) is 9.07. The molecule has 0 spiro atoms. The van der Waals surface area contributed by atoms with Crippen molar-refractivity contribution in [3.8, 4) is 5.69 Å². The highest BCUT2D eigenvalue weighted by Crippen LogP contribution is 2.30. The summed E-state index contributed by atoms with van der Waals surface area (Å²) in [5.41, 5.74) is 8.57. The lowest BCUT2D eigenvalue weighted by Gasteiger charge is -2.22. The zero-order valence-electron chi connectivity index (χ0n) is 15.2. The van der Waals surface area contributed by atoms with Crippen LogP contribution in [0.3, 0.4) is 0 Å². The Balaban J connectivity index is 1.59.